The third-order valence-electron chi connectivity index (χ3n) is 3.95. The molecule has 1 aliphatic heterocycles. The number of rotatable bonds is 3. The number of tetrazole rings is 1. The molecule has 0 aliphatic carbocycles. The Morgan fingerprint density at radius 3 is 2.74 bits per heavy atom. The van der Waals surface area contributed by atoms with Crippen molar-refractivity contribution in [3.8, 4) is 22.9 Å². The van der Waals surface area contributed by atoms with E-state index in [1.807, 2.05) is 18.2 Å². The molecule has 0 atom stereocenters. The van der Waals surface area contributed by atoms with Gasteiger partial charge in [0.15, 0.2) is 5.82 Å². The van der Waals surface area contributed by atoms with Gasteiger partial charge >= 0.3 is 0 Å². The number of aromatic amines is 1. The van der Waals surface area contributed by atoms with Crippen molar-refractivity contribution in [2.75, 3.05) is 13.2 Å². The number of H-pyrrole nitrogens is 1. The van der Waals surface area contributed by atoms with Crippen molar-refractivity contribution in [1.82, 2.24) is 30.6 Å². The van der Waals surface area contributed by atoms with Crippen LogP contribution in [0.4, 0.5) is 0 Å². The zero-order chi connectivity index (χ0) is 15.9. The topological polar surface area (TPSA) is 89.5 Å². The monoisotopic (exact) mass is 328 g/mol. The minimum Gasteiger partial charge on any atom is -0.379 e. The summed E-state index contributed by atoms with van der Waals surface area (Å²) in [7, 11) is 0. The maximum atomic E-state index is 6.47. The second-order valence-corrected chi connectivity index (χ2v) is 6.16. The first-order valence-corrected chi connectivity index (χ1v) is 7.48. The fourth-order valence-corrected chi connectivity index (χ4v) is 3.01. The summed E-state index contributed by atoms with van der Waals surface area (Å²) >= 11 is 6.47. The molecule has 8 heteroatoms. The van der Waals surface area contributed by atoms with Crippen LogP contribution in [0.5, 0.6) is 0 Å². The molecule has 116 valence electrons. The molecule has 2 aromatic heterocycles. The Hall–Kier alpha value is -2.38. The second-order valence-electron chi connectivity index (χ2n) is 5.75. The van der Waals surface area contributed by atoms with Gasteiger partial charge in [0.2, 0.25) is 5.82 Å². The average molecular weight is 329 g/mol. The maximum absolute atomic E-state index is 6.47. The number of halogens is 1. The van der Waals surface area contributed by atoms with Gasteiger partial charge in [-0.25, -0.2) is 9.97 Å². The first-order valence-electron chi connectivity index (χ1n) is 7.11. The predicted octanol–water partition coefficient (Wildman–Crippen LogP) is 2.26. The Morgan fingerprint density at radius 1 is 1.22 bits per heavy atom. The Kier molecular flexibility index (Phi) is 3.32. The molecule has 1 aromatic carbocycles. The number of hydrogen-bond donors (Lipinski definition) is 1. The first-order chi connectivity index (χ1) is 11.2. The summed E-state index contributed by atoms with van der Waals surface area (Å²) in [6, 6.07) is 7.61. The van der Waals surface area contributed by atoms with Crippen molar-refractivity contribution < 1.29 is 4.74 Å². The van der Waals surface area contributed by atoms with Crippen molar-refractivity contribution in [2.45, 2.75) is 12.3 Å². The second kappa shape index (κ2) is 5.36. The van der Waals surface area contributed by atoms with E-state index in [-0.39, 0.29) is 5.41 Å². The SMILES string of the molecule is CC1(c2ccc(-c3nccc(-c4nn[nH]n4)n3)cc2Cl)COC1. The normalized spacial score (nSPS) is 16.1. The Balaban J connectivity index is 1.71. The fourth-order valence-electron chi connectivity index (χ4n) is 2.60. The summed E-state index contributed by atoms with van der Waals surface area (Å²) in [4.78, 5) is 8.78. The molecule has 1 fully saturated rings. The van der Waals surface area contributed by atoms with Crippen molar-refractivity contribution in [3.05, 3.63) is 41.0 Å². The number of hydrogen-bond acceptors (Lipinski definition) is 6. The lowest BCUT2D eigenvalue weighted by Crippen LogP contribution is -2.44. The molecule has 1 saturated heterocycles. The Morgan fingerprint density at radius 2 is 2.09 bits per heavy atom. The van der Waals surface area contributed by atoms with Gasteiger partial charge in [-0.3, -0.25) is 0 Å². The maximum Gasteiger partial charge on any atom is 0.223 e. The quantitative estimate of drug-likeness (QED) is 0.793. The minimum absolute atomic E-state index is 0.0110. The Bertz CT molecular complexity index is 847. The average Bonchev–Trinajstić information content (AvgIpc) is 3.07. The zero-order valence-electron chi connectivity index (χ0n) is 12.3. The lowest BCUT2D eigenvalue weighted by atomic mass is 9.80. The number of benzene rings is 1. The van der Waals surface area contributed by atoms with E-state index in [2.05, 4.69) is 37.5 Å². The number of aromatic nitrogens is 6. The van der Waals surface area contributed by atoms with E-state index in [0.717, 1.165) is 11.1 Å². The summed E-state index contributed by atoms with van der Waals surface area (Å²) in [6.07, 6.45) is 1.66. The minimum atomic E-state index is -0.0110. The molecule has 0 radical (unpaired) electrons. The lowest BCUT2D eigenvalue weighted by molar-refractivity contribution is -0.0499. The number of nitrogens with zero attached hydrogens (tertiary/aromatic N) is 5. The summed E-state index contributed by atoms with van der Waals surface area (Å²) < 4.78 is 5.31. The van der Waals surface area contributed by atoms with Gasteiger partial charge in [-0.15, -0.1) is 10.2 Å². The van der Waals surface area contributed by atoms with E-state index in [4.69, 9.17) is 16.3 Å². The zero-order valence-corrected chi connectivity index (χ0v) is 13.1. The van der Waals surface area contributed by atoms with Crippen LogP contribution in [-0.4, -0.2) is 43.8 Å². The van der Waals surface area contributed by atoms with Crippen LogP contribution in [0.25, 0.3) is 22.9 Å². The third kappa shape index (κ3) is 2.47. The lowest BCUT2D eigenvalue weighted by Gasteiger charge is -2.39. The van der Waals surface area contributed by atoms with E-state index in [0.29, 0.717) is 35.6 Å². The molecule has 0 spiro atoms. The standard InChI is InChI=1S/C15H13ClN6O/c1-15(7-23-8-15)10-3-2-9(6-11(10)16)13-17-5-4-12(18-13)14-19-21-22-20-14/h2-6H,7-8H2,1H3,(H,19,20,21,22). The largest absolute Gasteiger partial charge is 0.379 e. The van der Waals surface area contributed by atoms with Gasteiger partial charge in [0.05, 0.1) is 13.2 Å². The van der Waals surface area contributed by atoms with Gasteiger partial charge < -0.3 is 4.74 Å². The third-order valence-corrected chi connectivity index (χ3v) is 4.26. The highest BCUT2D eigenvalue weighted by atomic mass is 35.5. The molecule has 3 aromatic rings. The van der Waals surface area contributed by atoms with E-state index >= 15 is 0 Å². The van der Waals surface area contributed by atoms with E-state index < -0.39 is 0 Å². The molecule has 0 amide bonds. The predicted molar refractivity (Wildman–Crippen MR) is 83.8 cm³/mol. The summed E-state index contributed by atoms with van der Waals surface area (Å²) in [5.74, 6) is 0.992. The number of ether oxygens (including phenoxy) is 1. The van der Waals surface area contributed by atoms with Gasteiger partial charge in [0, 0.05) is 22.2 Å². The van der Waals surface area contributed by atoms with Gasteiger partial charge in [0.1, 0.15) is 5.69 Å². The van der Waals surface area contributed by atoms with Crippen LogP contribution in [0.15, 0.2) is 30.5 Å². The van der Waals surface area contributed by atoms with Crippen LogP contribution in [0.3, 0.4) is 0 Å². The highest BCUT2D eigenvalue weighted by Crippen LogP contribution is 2.37. The van der Waals surface area contributed by atoms with Crippen molar-refractivity contribution in [3.63, 3.8) is 0 Å². The van der Waals surface area contributed by atoms with E-state index in [1.54, 1.807) is 12.3 Å². The van der Waals surface area contributed by atoms with Crippen molar-refractivity contribution in [2.24, 2.45) is 0 Å². The molecule has 1 N–H and O–H groups in total. The van der Waals surface area contributed by atoms with Crippen LogP contribution in [-0.2, 0) is 10.2 Å². The summed E-state index contributed by atoms with van der Waals surface area (Å²) in [5, 5.41) is 14.5. The summed E-state index contributed by atoms with van der Waals surface area (Å²) in [5.41, 5.74) is 2.52. The van der Waals surface area contributed by atoms with Gasteiger partial charge in [-0.1, -0.05) is 30.7 Å². The van der Waals surface area contributed by atoms with Crippen LogP contribution in [0.1, 0.15) is 12.5 Å². The van der Waals surface area contributed by atoms with Gasteiger partial charge in [0.25, 0.3) is 0 Å². The van der Waals surface area contributed by atoms with Crippen LogP contribution in [0.2, 0.25) is 5.02 Å². The molecular formula is C15H13ClN6O. The molecule has 0 unspecified atom stereocenters. The molecule has 4 rings (SSSR count). The molecule has 23 heavy (non-hydrogen) atoms. The smallest absolute Gasteiger partial charge is 0.223 e. The van der Waals surface area contributed by atoms with Crippen LogP contribution >= 0.6 is 11.6 Å². The first kappa shape index (κ1) is 14.2. The van der Waals surface area contributed by atoms with Crippen molar-refractivity contribution in [1.29, 1.82) is 0 Å². The Labute approximate surface area is 137 Å². The highest BCUT2D eigenvalue weighted by Gasteiger charge is 2.36. The van der Waals surface area contributed by atoms with E-state index in [9.17, 15) is 0 Å². The number of nitrogens with one attached hydrogen (secondary N) is 1. The van der Waals surface area contributed by atoms with Crippen LogP contribution in [0, 0.1) is 0 Å². The van der Waals surface area contributed by atoms with Gasteiger partial charge in [-0.2, -0.15) is 5.21 Å². The molecule has 0 bridgehead atoms. The molecule has 7 nitrogen and oxygen atoms in total. The van der Waals surface area contributed by atoms with E-state index in [1.165, 1.54) is 0 Å². The van der Waals surface area contributed by atoms with Gasteiger partial charge in [-0.05, 0) is 22.9 Å². The highest BCUT2D eigenvalue weighted by molar-refractivity contribution is 6.31. The molecule has 0 saturated carbocycles. The fraction of sp³-hybridized carbons (Fsp3) is 0.267. The molecule has 3 heterocycles. The molecular weight excluding hydrogens is 316 g/mol. The molecule has 1 aliphatic rings. The van der Waals surface area contributed by atoms with Crippen molar-refractivity contribution >= 4 is 11.6 Å². The van der Waals surface area contributed by atoms with Crippen LogP contribution < -0.4 is 0 Å². The summed E-state index contributed by atoms with van der Waals surface area (Å²) in [6.45, 7) is 3.52.